The highest BCUT2D eigenvalue weighted by Crippen LogP contribution is 2.35. The maximum absolute atomic E-state index is 14.0. The molecule has 0 spiro atoms. The van der Waals surface area contributed by atoms with Crippen LogP contribution in [0.15, 0.2) is 30.5 Å². The smallest absolute Gasteiger partial charge is 0.356 e. The second-order valence-corrected chi connectivity index (χ2v) is 6.19. The van der Waals surface area contributed by atoms with Crippen LogP contribution in [0.5, 0.6) is 5.75 Å². The molecule has 5 nitrogen and oxygen atoms in total. The maximum atomic E-state index is 14.0. The van der Waals surface area contributed by atoms with E-state index in [-0.39, 0.29) is 11.9 Å². The van der Waals surface area contributed by atoms with Crippen molar-refractivity contribution in [2.75, 3.05) is 24.7 Å². The second-order valence-electron chi connectivity index (χ2n) is 6.19. The summed E-state index contributed by atoms with van der Waals surface area (Å²) in [6.45, 7) is 7.22. The third-order valence-corrected chi connectivity index (χ3v) is 4.55. The Bertz CT molecular complexity index is 810. The number of ether oxygens (including phenoxy) is 2. The normalized spacial score (nSPS) is 16.2. The average molecular weight is 358 g/mol. The molecule has 0 N–H and O–H groups in total. The van der Waals surface area contributed by atoms with Gasteiger partial charge in [0, 0.05) is 30.6 Å². The van der Waals surface area contributed by atoms with Crippen LogP contribution < -0.4 is 9.64 Å². The van der Waals surface area contributed by atoms with Crippen molar-refractivity contribution in [2.24, 2.45) is 0 Å². The van der Waals surface area contributed by atoms with Crippen molar-refractivity contribution in [1.29, 1.82) is 0 Å². The Hall–Kier alpha value is -2.63. The second kappa shape index (κ2) is 7.72. The fourth-order valence-electron chi connectivity index (χ4n) is 3.34. The first kappa shape index (κ1) is 18.2. The summed E-state index contributed by atoms with van der Waals surface area (Å²) in [5.74, 6) is -0.201. The van der Waals surface area contributed by atoms with E-state index >= 15 is 0 Å². The van der Waals surface area contributed by atoms with Crippen molar-refractivity contribution in [1.82, 2.24) is 4.98 Å². The van der Waals surface area contributed by atoms with Crippen molar-refractivity contribution < 1.29 is 18.7 Å². The molecule has 0 unspecified atom stereocenters. The molecule has 26 heavy (non-hydrogen) atoms. The van der Waals surface area contributed by atoms with Crippen molar-refractivity contribution in [3.63, 3.8) is 0 Å². The van der Waals surface area contributed by atoms with E-state index < -0.39 is 5.97 Å². The molecule has 2 aromatic rings. The number of benzene rings is 1. The fraction of sp³-hybridized carbons (Fsp3) is 0.400. The first-order chi connectivity index (χ1) is 12.5. The highest BCUT2D eigenvalue weighted by molar-refractivity contribution is 5.87. The third-order valence-electron chi connectivity index (χ3n) is 4.55. The standard InChI is InChI=1S/C20H23FN2O3/c1-4-25-17-10-15(21)9-16(11-17)23-7-6-14-8-19(20(24)26-5-2)22-12-18(14)13(23)3/h8-13H,4-7H2,1-3H3/t13-/m1/s1. The third kappa shape index (κ3) is 3.64. The van der Waals surface area contributed by atoms with Crippen LogP contribution in [0.2, 0.25) is 0 Å². The Labute approximate surface area is 152 Å². The van der Waals surface area contributed by atoms with Crippen molar-refractivity contribution >= 4 is 11.7 Å². The van der Waals surface area contributed by atoms with Gasteiger partial charge in [-0.1, -0.05) is 0 Å². The van der Waals surface area contributed by atoms with Crippen molar-refractivity contribution in [3.05, 3.63) is 53.1 Å². The number of halogens is 1. The van der Waals surface area contributed by atoms with E-state index in [1.807, 2.05) is 13.0 Å². The molecule has 0 aliphatic carbocycles. The van der Waals surface area contributed by atoms with Gasteiger partial charge in [0.2, 0.25) is 0 Å². The monoisotopic (exact) mass is 358 g/mol. The molecule has 0 saturated carbocycles. The molecule has 3 rings (SSSR count). The van der Waals surface area contributed by atoms with E-state index in [0.29, 0.717) is 24.7 Å². The largest absolute Gasteiger partial charge is 0.494 e. The molecule has 1 aromatic carbocycles. The minimum atomic E-state index is -0.406. The maximum Gasteiger partial charge on any atom is 0.356 e. The molecule has 6 heteroatoms. The van der Waals surface area contributed by atoms with E-state index in [0.717, 1.165) is 29.8 Å². The molecule has 0 bridgehead atoms. The minimum Gasteiger partial charge on any atom is -0.494 e. The molecule has 1 atom stereocenters. The first-order valence-electron chi connectivity index (χ1n) is 8.89. The lowest BCUT2D eigenvalue weighted by Crippen LogP contribution is -2.34. The quantitative estimate of drug-likeness (QED) is 0.758. The molecule has 1 aliphatic heterocycles. The Morgan fingerprint density at radius 3 is 2.81 bits per heavy atom. The summed E-state index contributed by atoms with van der Waals surface area (Å²) in [6, 6.07) is 6.58. The van der Waals surface area contributed by atoms with Crippen LogP contribution in [0.25, 0.3) is 0 Å². The van der Waals surface area contributed by atoms with Gasteiger partial charge >= 0.3 is 5.97 Å². The molecule has 0 fully saturated rings. The van der Waals surface area contributed by atoms with Gasteiger partial charge in [-0.3, -0.25) is 0 Å². The zero-order valence-electron chi connectivity index (χ0n) is 15.3. The summed E-state index contributed by atoms with van der Waals surface area (Å²) < 4.78 is 24.4. The van der Waals surface area contributed by atoms with Gasteiger partial charge in [0.15, 0.2) is 0 Å². The van der Waals surface area contributed by atoms with Gasteiger partial charge in [0.05, 0.1) is 19.3 Å². The Balaban J connectivity index is 1.88. The fourth-order valence-corrected chi connectivity index (χ4v) is 3.34. The average Bonchev–Trinajstić information content (AvgIpc) is 2.61. The number of anilines is 1. The van der Waals surface area contributed by atoms with Crippen LogP contribution in [0.3, 0.4) is 0 Å². The number of rotatable bonds is 5. The number of hydrogen-bond donors (Lipinski definition) is 0. The summed E-state index contributed by atoms with van der Waals surface area (Å²) >= 11 is 0. The van der Waals surface area contributed by atoms with Crippen LogP contribution in [0.1, 0.15) is 48.4 Å². The van der Waals surface area contributed by atoms with Gasteiger partial charge in [-0.2, -0.15) is 0 Å². The van der Waals surface area contributed by atoms with Crippen LogP contribution in [-0.4, -0.2) is 30.7 Å². The minimum absolute atomic E-state index is 0.0128. The van der Waals surface area contributed by atoms with Crippen LogP contribution in [-0.2, 0) is 11.2 Å². The summed E-state index contributed by atoms with van der Waals surface area (Å²) in [7, 11) is 0. The predicted molar refractivity (Wildman–Crippen MR) is 97.2 cm³/mol. The first-order valence-corrected chi connectivity index (χ1v) is 8.89. The van der Waals surface area contributed by atoms with Gasteiger partial charge in [-0.05, 0) is 50.5 Å². The summed E-state index contributed by atoms with van der Waals surface area (Å²) in [5.41, 5.74) is 3.22. The molecule has 1 aromatic heterocycles. The number of carbonyl (C=O) groups is 1. The van der Waals surface area contributed by atoms with E-state index in [2.05, 4.69) is 16.8 Å². The predicted octanol–water partition coefficient (Wildman–Crippen LogP) is 3.92. The summed E-state index contributed by atoms with van der Waals surface area (Å²) in [5, 5.41) is 0. The van der Waals surface area contributed by atoms with Gasteiger partial charge in [0.25, 0.3) is 0 Å². The number of fused-ring (bicyclic) bond motifs is 1. The molecular formula is C20H23FN2O3. The van der Waals surface area contributed by atoms with Gasteiger partial charge < -0.3 is 14.4 Å². The number of carbonyl (C=O) groups excluding carboxylic acids is 1. The molecular weight excluding hydrogens is 335 g/mol. The zero-order chi connectivity index (χ0) is 18.7. The number of esters is 1. The van der Waals surface area contributed by atoms with Crippen LogP contribution in [0, 0.1) is 5.82 Å². The molecule has 0 amide bonds. The van der Waals surface area contributed by atoms with Crippen molar-refractivity contribution in [2.45, 2.75) is 33.2 Å². The number of pyridine rings is 1. The van der Waals surface area contributed by atoms with E-state index in [9.17, 15) is 9.18 Å². The number of hydrogen-bond acceptors (Lipinski definition) is 5. The summed E-state index contributed by atoms with van der Waals surface area (Å²) in [4.78, 5) is 18.3. The highest BCUT2D eigenvalue weighted by Gasteiger charge is 2.26. The molecule has 0 saturated heterocycles. The highest BCUT2D eigenvalue weighted by atomic mass is 19.1. The van der Waals surface area contributed by atoms with Gasteiger partial charge in [0.1, 0.15) is 17.3 Å². The van der Waals surface area contributed by atoms with Crippen LogP contribution in [0.4, 0.5) is 10.1 Å². The Kier molecular flexibility index (Phi) is 5.40. The summed E-state index contributed by atoms with van der Waals surface area (Å²) in [6.07, 6.45) is 2.47. The molecule has 1 aliphatic rings. The lowest BCUT2D eigenvalue weighted by molar-refractivity contribution is 0.0519. The lowest BCUT2D eigenvalue weighted by atomic mass is 9.94. The van der Waals surface area contributed by atoms with E-state index in [4.69, 9.17) is 9.47 Å². The Morgan fingerprint density at radius 1 is 1.27 bits per heavy atom. The topological polar surface area (TPSA) is 51.7 Å². The van der Waals surface area contributed by atoms with Gasteiger partial charge in [-0.15, -0.1) is 0 Å². The molecule has 138 valence electrons. The number of aromatic nitrogens is 1. The van der Waals surface area contributed by atoms with E-state index in [1.54, 1.807) is 19.2 Å². The van der Waals surface area contributed by atoms with Crippen LogP contribution >= 0.6 is 0 Å². The molecule has 0 radical (unpaired) electrons. The SMILES string of the molecule is CCOC(=O)c1cc2c(cn1)[C@@H](C)N(c1cc(F)cc(OCC)c1)CC2. The zero-order valence-corrected chi connectivity index (χ0v) is 15.3. The van der Waals surface area contributed by atoms with Crippen molar-refractivity contribution in [3.8, 4) is 5.75 Å². The Morgan fingerprint density at radius 2 is 2.08 bits per heavy atom. The lowest BCUT2D eigenvalue weighted by Gasteiger charge is -2.37. The molecule has 2 heterocycles. The number of nitrogens with zero attached hydrogens (tertiary/aromatic N) is 2. The van der Waals surface area contributed by atoms with E-state index in [1.165, 1.54) is 12.1 Å². The van der Waals surface area contributed by atoms with Gasteiger partial charge in [-0.25, -0.2) is 14.2 Å².